The van der Waals surface area contributed by atoms with E-state index in [1.807, 2.05) is 44.2 Å². The van der Waals surface area contributed by atoms with Crippen LogP contribution >= 0.6 is 0 Å². The van der Waals surface area contributed by atoms with E-state index < -0.39 is 42.0 Å². The maximum absolute atomic E-state index is 12.2. The first-order valence-corrected chi connectivity index (χ1v) is 10.4. The molecule has 0 saturated carbocycles. The van der Waals surface area contributed by atoms with Crippen LogP contribution in [0.5, 0.6) is 5.75 Å². The highest BCUT2D eigenvalue weighted by atomic mass is 16.8. The highest BCUT2D eigenvalue weighted by Gasteiger charge is 2.59. The van der Waals surface area contributed by atoms with E-state index in [0.717, 1.165) is 5.56 Å². The Kier molecular flexibility index (Phi) is 5.02. The molecule has 2 aromatic carbocycles. The molecule has 3 aromatic rings. The van der Waals surface area contributed by atoms with Crippen molar-refractivity contribution in [1.29, 1.82) is 0 Å². The van der Waals surface area contributed by atoms with Crippen LogP contribution in [-0.2, 0) is 18.9 Å². The zero-order valence-corrected chi connectivity index (χ0v) is 18.3. The predicted molar refractivity (Wildman–Crippen MR) is 118 cm³/mol. The summed E-state index contributed by atoms with van der Waals surface area (Å²) in [5, 5.41) is 0.635. The molecule has 0 bridgehead atoms. The van der Waals surface area contributed by atoms with Gasteiger partial charge in [-0.15, -0.1) is 0 Å². The van der Waals surface area contributed by atoms with Crippen LogP contribution in [0.4, 0.5) is 10.5 Å². The summed E-state index contributed by atoms with van der Waals surface area (Å²) in [6, 6.07) is 14.4. The Morgan fingerprint density at radius 2 is 1.73 bits per heavy atom. The van der Waals surface area contributed by atoms with E-state index in [2.05, 4.69) is 0 Å². The van der Waals surface area contributed by atoms with Gasteiger partial charge in [0.1, 0.15) is 23.1 Å². The van der Waals surface area contributed by atoms with Crippen molar-refractivity contribution in [1.82, 2.24) is 0 Å². The second-order valence-electron chi connectivity index (χ2n) is 8.49. The number of nitrogen functional groups attached to an aromatic ring is 1. The maximum Gasteiger partial charge on any atom is 0.509 e. The second kappa shape index (κ2) is 7.79. The Labute approximate surface area is 188 Å². The summed E-state index contributed by atoms with van der Waals surface area (Å²) in [6.45, 7) is 3.64. The molecule has 33 heavy (non-hydrogen) atoms. The third kappa shape index (κ3) is 3.59. The molecular weight excluding hydrogens is 430 g/mol. The molecule has 2 N–H and O–H groups in total. The summed E-state index contributed by atoms with van der Waals surface area (Å²) in [7, 11) is 1.52. The van der Waals surface area contributed by atoms with E-state index in [0.29, 0.717) is 22.3 Å². The molecule has 0 radical (unpaired) electrons. The van der Waals surface area contributed by atoms with Gasteiger partial charge in [-0.25, -0.2) is 9.59 Å². The summed E-state index contributed by atoms with van der Waals surface area (Å²) in [5.41, 5.74) is 5.89. The van der Waals surface area contributed by atoms with Crippen molar-refractivity contribution in [2.45, 2.75) is 44.1 Å². The molecule has 172 valence electrons. The average Bonchev–Trinajstić information content (AvgIpc) is 3.16. The normalized spacial score (nSPS) is 25.8. The van der Waals surface area contributed by atoms with E-state index in [1.54, 1.807) is 18.2 Å². The van der Waals surface area contributed by atoms with Gasteiger partial charge in [-0.1, -0.05) is 30.3 Å². The van der Waals surface area contributed by atoms with Gasteiger partial charge in [-0.2, -0.15) is 0 Å². The first-order chi connectivity index (χ1) is 15.8. The highest BCUT2D eigenvalue weighted by molar-refractivity contribution is 5.96. The molecule has 5 rings (SSSR count). The van der Waals surface area contributed by atoms with Gasteiger partial charge in [-0.05, 0) is 37.6 Å². The van der Waals surface area contributed by atoms with E-state index in [-0.39, 0.29) is 5.69 Å². The van der Waals surface area contributed by atoms with Gasteiger partial charge in [0.25, 0.3) is 0 Å². The smallest absolute Gasteiger partial charge is 0.460 e. The summed E-state index contributed by atoms with van der Waals surface area (Å²) in [5.74, 6) is 0.375. The van der Waals surface area contributed by atoms with Crippen molar-refractivity contribution >= 4 is 22.8 Å². The number of rotatable bonds is 4. The molecule has 9 heteroatoms. The summed E-state index contributed by atoms with van der Waals surface area (Å²) in [4.78, 5) is 24.2. The van der Waals surface area contributed by atoms with Gasteiger partial charge in [0.05, 0.1) is 11.2 Å². The number of carbonyl (C=O) groups excluding carboxylic acids is 1. The fraction of sp³-hybridized carbons (Fsp3) is 0.333. The molecule has 0 unspecified atom stereocenters. The Balaban J connectivity index is 1.62. The first kappa shape index (κ1) is 21.3. The third-order valence-electron chi connectivity index (χ3n) is 5.91. The fourth-order valence-electron chi connectivity index (χ4n) is 4.45. The number of benzene rings is 2. The van der Waals surface area contributed by atoms with Crippen LogP contribution in [0.25, 0.3) is 22.1 Å². The quantitative estimate of drug-likeness (QED) is 0.468. The van der Waals surface area contributed by atoms with Crippen molar-refractivity contribution < 1.29 is 32.9 Å². The van der Waals surface area contributed by atoms with Crippen LogP contribution in [0, 0.1) is 0 Å². The van der Waals surface area contributed by atoms with Gasteiger partial charge in [-0.3, -0.25) is 0 Å². The minimum absolute atomic E-state index is 0.0102. The van der Waals surface area contributed by atoms with Gasteiger partial charge in [0.2, 0.25) is 12.4 Å². The first-order valence-electron chi connectivity index (χ1n) is 10.4. The van der Waals surface area contributed by atoms with Crippen LogP contribution in [0.1, 0.15) is 13.8 Å². The fourth-order valence-corrected chi connectivity index (χ4v) is 4.45. The summed E-state index contributed by atoms with van der Waals surface area (Å²) >= 11 is 0. The second-order valence-corrected chi connectivity index (χ2v) is 8.49. The Morgan fingerprint density at radius 1 is 1.00 bits per heavy atom. The lowest BCUT2D eigenvalue weighted by atomic mass is 9.89. The molecule has 1 aromatic heterocycles. The number of methoxy groups -OCH3 is 1. The molecule has 0 spiro atoms. The molecule has 2 saturated heterocycles. The molecule has 0 amide bonds. The largest absolute Gasteiger partial charge is 0.509 e. The molecule has 0 aliphatic carbocycles. The van der Waals surface area contributed by atoms with Gasteiger partial charge >= 0.3 is 11.8 Å². The number of fused-ring (bicyclic) bond motifs is 2. The van der Waals surface area contributed by atoms with E-state index >= 15 is 0 Å². The van der Waals surface area contributed by atoms with Gasteiger partial charge in [0, 0.05) is 12.5 Å². The summed E-state index contributed by atoms with van der Waals surface area (Å²) < 4.78 is 34.3. The number of anilines is 1. The topological polar surface area (TPSA) is 119 Å². The third-order valence-corrected chi connectivity index (χ3v) is 5.91. The minimum atomic E-state index is -0.997. The van der Waals surface area contributed by atoms with Crippen LogP contribution < -0.4 is 16.1 Å². The van der Waals surface area contributed by atoms with Crippen molar-refractivity contribution in [2.75, 3.05) is 12.8 Å². The minimum Gasteiger partial charge on any atom is -0.460 e. The predicted octanol–water partition coefficient (Wildman–Crippen LogP) is 3.47. The molecule has 9 nitrogen and oxygen atoms in total. The molecule has 4 atom stereocenters. The number of hydrogen-bond acceptors (Lipinski definition) is 9. The van der Waals surface area contributed by atoms with Crippen molar-refractivity contribution in [3.63, 3.8) is 0 Å². The Morgan fingerprint density at radius 3 is 2.45 bits per heavy atom. The number of ether oxygens (including phenoxy) is 5. The molecular formula is C24H23NO8. The zero-order valence-electron chi connectivity index (χ0n) is 18.3. The van der Waals surface area contributed by atoms with E-state index in [1.165, 1.54) is 7.11 Å². The highest BCUT2D eigenvalue weighted by Crippen LogP contribution is 2.42. The average molecular weight is 453 g/mol. The summed E-state index contributed by atoms with van der Waals surface area (Å²) in [6.07, 6.45) is -3.93. The number of nitrogens with two attached hydrogens (primary N) is 1. The van der Waals surface area contributed by atoms with Crippen LogP contribution in [0.15, 0.2) is 57.7 Å². The lowest BCUT2D eigenvalue weighted by molar-refractivity contribution is -0.282. The SMILES string of the molecule is CO[C@@H]1[C@H]2OC(=O)O[C@H]2[C@H](Oc2ccc3cc(N)c(=O)oc3c2-c2ccccc2)OC1(C)C. The van der Waals surface area contributed by atoms with Crippen molar-refractivity contribution in [2.24, 2.45) is 0 Å². The maximum atomic E-state index is 12.2. The van der Waals surface area contributed by atoms with Gasteiger partial charge < -0.3 is 33.8 Å². The van der Waals surface area contributed by atoms with Crippen LogP contribution in [0.3, 0.4) is 0 Å². The van der Waals surface area contributed by atoms with Crippen molar-refractivity contribution in [3.8, 4) is 16.9 Å². The van der Waals surface area contributed by atoms with Gasteiger partial charge in [0.15, 0.2) is 6.10 Å². The standard InChI is InChI=1S/C24H23NO8/c1-24(2)20(28-3)18-19(32-23(27)31-18)22(33-24)29-15-10-9-13-11-14(25)21(26)30-17(13)16(15)12-7-5-4-6-8-12/h4-11,18-20,22H,25H2,1-3H3/t18-,19+,20+,22+/m0/s1. The van der Waals surface area contributed by atoms with Crippen molar-refractivity contribution in [3.05, 3.63) is 59.0 Å². The lowest BCUT2D eigenvalue weighted by Gasteiger charge is -2.45. The number of carbonyl (C=O) groups is 1. The zero-order chi connectivity index (χ0) is 23.3. The Hall–Kier alpha value is -3.56. The Bertz CT molecular complexity index is 1270. The van der Waals surface area contributed by atoms with E-state index in [9.17, 15) is 9.59 Å². The molecule has 2 aliphatic rings. The molecule has 2 aliphatic heterocycles. The van der Waals surface area contributed by atoms with Crippen LogP contribution in [0.2, 0.25) is 0 Å². The molecule has 3 heterocycles. The van der Waals surface area contributed by atoms with E-state index in [4.69, 9.17) is 33.8 Å². The lowest BCUT2D eigenvalue weighted by Crippen LogP contribution is -2.62. The number of hydrogen-bond donors (Lipinski definition) is 1. The van der Waals surface area contributed by atoms with Crippen LogP contribution in [-0.4, -0.2) is 43.5 Å². The molecule has 2 fully saturated rings. The monoisotopic (exact) mass is 453 g/mol.